The molecule has 2 aromatic carbocycles. The molecule has 2 rings (SSSR count). The van der Waals surface area contributed by atoms with E-state index in [-0.39, 0.29) is 30.1 Å². The fourth-order valence-electron chi connectivity index (χ4n) is 2.80. The maximum Gasteiger partial charge on any atom is 0.138 e. The average molecular weight is 358 g/mol. The van der Waals surface area contributed by atoms with Crippen molar-refractivity contribution < 1.29 is 25.2 Å². The van der Waals surface area contributed by atoms with Crippen LogP contribution in [-0.2, 0) is 17.6 Å². The molecule has 0 aliphatic heterocycles. The Labute approximate surface area is 153 Å². The molecule has 0 amide bonds. The highest BCUT2D eigenvalue weighted by molar-refractivity contribution is 5.79. The van der Waals surface area contributed by atoms with Crippen molar-refractivity contribution in [2.45, 2.75) is 50.7 Å². The van der Waals surface area contributed by atoms with Gasteiger partial charge >= 0.3 is 0 Å². The molecule has 0 aromatic heterocycles. The van der Waals surface area contributed by atoms with Crippen molar-refractivity contribution in [1.82, 2.24) is 0 Å². The van der Waals surface area contributed by atoms with Crippen molar-refractivity contribution >= 4 is 5.78 Å². The molecule has 0 fully saturated rings. The van der Waals surface area contributed by atoms with Gasteiger partial charge in [-0.05, 0) is 61.1 Å². The Morgan fingerprint density at radius 2 is 1.04 bits per heavy atom. The van der Waals surface area contributed by atoms with Crippen LogP contribution in [0.2, 0.25) is 0 Å². The number of hydrogen-bond acceptors (Lipinski definition) is 5. The van der Waals surface area contributed by atoms with E-state index in [9.17, 15) is 25.2 Å². The molecule has 5 heteroatoms. The van der Waals surface area contributed by atoms with Gasteiger partial charge in [-0.15, -0.1) is 0 Å². The van der Waals surface area contributed by atoms with Gasteiger partial charge in [0.25, 0.3) is 0 Å². The van der Waals surface area contributed by atoms with Crippen LogP contribution in [0.4, 0.5) is 0 Å². The first-order valence-corrected chi connectivity index (χ1v) is 8.86. The first-order chi connectivity index (χ1) is 12.4. The Bertz CT molecular complexity index is 619. The van der Waals surface area contributed by atoms with Crippen molar-refractivity contribution in [2.75, 3.05) is 0 Å². The third kappa shape index (κ3) is 7.25. The van der Waals surface area contributed by atoms with E-state index in [1.807, 2.05) is 0 Å². The molecule has 0 saturated heterocycles. The van der Waals surface area contributed by atoms with Crippen molar-refractivity contribution in [2.24, 2.45) is 0 Å². The van der Waals surface area contributed by atoms with Crippen molar-refractivity contribution in [3.63, 3.8) is 0 Å². The highest BCUT2D eigenvalue weighted by atomic mass is 16.3. The normalized spacial score (nSPS) is 13.3. The molecule has 140 valence electrons. The van der Waals surface area contributed by atoms with Gasteiger partial charge in [-0.1, -0.05) is 24.3 Å². The number of aliphatic hydroxyl groups is 2. The topological polar surface area (TPSA) is 98.0 Å². The average Bonchev–Trinajstić information content (AvgIpc) is 2.60. The van der Waals surface area contributed by atoms with Gasteiger partial charge in [0.1, 0.15) is 17.3 Å². The molecule has 26 heavy (non-hydrogen) atoms. The second-order valence-corrected chi connectivity index (χ2v) is 6.66. The van der Waals surface area contributed by atoms with E-state index < -0.39 is 12.2 Å². The van der Waals surface area contributed by atoms with Gasteiger partial charge in [-0.2, -0.15) is 0 Å². The molecule has 2 atom stereocenters. The lowest BCUT2D eigenvalue weighted by atomic mass is 9.98. The summed E-state index contributed by atoms with van der Waals surface area (Å²) in [6, 6.07) is 13.5. The second-order valence-electron chi connectivity index (χ2n) is 6.66. The van der Waals surface area contributed by atoms with Gasteiger partial charge in [0.2, 0.25) is 0 Å². The summed E-state index contributed by atoms with van der Waals surface area (Å²) in [5.41, 5.74) is 1.98. The van der Waals surface area contributed by atoms with Crippen LogP contribution < -0.4 is 0 Å². The number of benzene rings is 2. The molecular formula is C21H26O5. The SMILES string of the molecule is O=C(C[C@@H](O)CCc1ccc(O)cc1)C[C@@H](O)CCc1ccc(O)cc1. The zero-order valence-electron chi connectivity index (χ0n) is 14.7. The summed E-state index contributed by atoms with van der Waals surface area (Å²) in [6.45, 7) is 0. The summed E-state index contributed by atoms with van der Waals surface area (Å²) in [6.07, 6.45) is 0.764. The zero-order valence-corrected chi connectivity index (χ0v) is 14.7. The molecule has 0 radical (unpaired) electrons. The number of aromatic hydroxyl groups is 2. The number of aryl methyl sites for hydroxylation is 2. The van der Waals surface area contributed by atoms with Gasteiger partial charge in [-0.3, -0.25) is 4.79 Å². The lowest BCUT2D eigenvalue weighted by Gasteiger charge is -2.13. The number of carbonyl (C=O) groups excluding carboxylic acids is 1. The summed E-state index contributed by atoms with van der Waals surface area (Å²) in [5.74, 6) is 0.248. The van der Waals surface area contributed by atoms with Crippen LogP contribution in [0.3, 0.4) is 0 Å². The standard InChI is InChI=1S/C21H26O5/c22-17-7-1-15(2-8-17)5-11-19(24)13-21(26)14-20(25)12-6-16-3-9-18(23)10-4-16/h1-4,7-10,19-20,22-25H,5-6,11-14H2/t19-,20-/m0/s1. The molecule has 0 saturated carbocycles. The number of hydrogen-bond donors (Lipinski definition) is 4. The summed E-state index contributed by atoms with van der Waals surface area (Å²) in [5, 5.41) is 38.5. The van der Waals surface area contributed by atoms with Gasteiger partial charge in [-0.25, -0.2) is 0 Å². The van der Waals surface area contributed by atoms with Crippen LogP contribution in [-0.4, -0.2) is 38.4 Å². The highest BCUT2D eigenvalue weighted by Crippen LogP contribution is 2.15. The molecule has 0 unspecified atom stereocenters. The third-order valence-electron chi connectivity index (χ3n) is 4.33. The van der Waals surface area contributed by atoms with Gasteiger partial charge in [0.05, 0.1) is 12.2 Å². The quantitative estimate of drug-likeness (QED) is 0.523. The Balaban J connectivity index is 1.66. The van der Waals surface area contributed by atoms with E-state index in [4.69, 9.17) is 0 Å². The summed E-state index contributed by atoms with van der Waals surface area (Å²) in [4.78, 5) is 12.0. The Morgan fingerprint density at radius 3 is 1.38 bits per heavy atom. The molecule has 0 aliphatic rings. The number of rotatable bonds is 10. The maximum atomic E-state index is 12.0. The van der Waals surface area contributed by atoms with E-state index in [1.54, 1.807) is 48.5 Å². The Kier molecular flexibility index (Phi) is 7.63. The minimum Gasteiger partial charge on any atom is -0.508 e. The molecule has 0 bridgehead atoms. The monoisotopic (exact) mass is 358 g/mol. The smallest absolute Gasteiger partial charge is 0.138 e. The number of phenolic OH excluding ortho intramolecular Hbond substituents is 2. The molecule has 0 aliphatic carbocycles. The van der Waals surface area contributed by atoms with E-state index in [1.165, 1.54) is 0 Å². The van der Waals surface area contributed by atoms with Crippen molar-refractivity contribution in [3.8, 4) is 11.5 Å². The van der Waals surface area contributed by atoms with Gasteiger partial charge in [0.15, 0.2) is 0 Å². The lowest BCUT2D eigenvalue weighted by Crippen LogP contribution is -2.19. The van der Waals surface area contributed by atoms with Crippen LogP contribution in [0.5, 0.6) is 11.5 Å². The molecule has 4 N–H and O–H groups in total. The van der Waals surface area contributed by atoms with Gasteiger partial charge < -0.3 is 20.4 Å². The first-order valence-electron chi connectivity index (χ1n) is 8.86. The lowest BCUT2D eigenvalue weighted by molar-refractivity contribution is -0.122. The number of Topliss-reactive ketones (excluding diaryl/α,β-unsaturated/α-hetero) is 1. The van der Waals surface area contributed by atoms with E-state index >= 15 is 0 Å². The number of aliphatic hydroxyl groups excluding tert-OH is 2. The Morgan fingerprint density at radius 1 is 0.692 bits per heavy atom. The fourth-order valence-corrected chi connectivity index (χ4v) is 2.80. The predicted octanol–water partition coefficient (Wildman–Crippen LogP) is 2.73. The zero-order chi connectivity index (χ0) is 18.9. The van der Waals surface area contributed by atoms with Gasteiger partial charge in [0, 0.05) is 12.8 Å². The minimum atomic E-state index is -0.736. The fraction of sp³-hybridized carbons (Fsp3) is 0.381. The minimum absolute atomic E-state index is 0.0361. The van der Waals surface area contributed by atoms with E-state index in [2.05, 4.69) is 0 Å². The van der Waals surface area contributed by atoms with E-state index in [0.717, 1.165) is 11.1 Å². The van der Waals surface area contributed by atoms with Crippen LogP contribution in [0, 0.1) is 0 Å². The van der Waals surface area contributed by atoms with E-state index in [0.29, 0.717) is 25.7 Å². The number of ketones is 1. The Hall–Kier alpha value is -2.37. The second kappa shape index (κ2) is 9.94. The molecule has 5 nitrogen and oxygen atoms in total. The van der Waals surface area contributed by atoms with Crippen LogP contribution in [0.1, 0.15) is 36.8 Å². The van der Waals surface area contributed by atoms with Crippen LogP contribution >= 0.6 is 0 Å². The highest BCUT2D eigenvalue weighted by Gasteiger charge is 2.15. The first kappa shape index (κ1) is 19.9. The predicted molar refractivity (Wildman–Crippen MR) is 99.1 cm³/mol. The van der Waals surface area contributed by atoms with Crippen molar-refractivity contribution in [3.05, 3.63) is 59.7 Å². The summed E-state index contributed by atoms with van der Waals surface area (Å²) >= 11 is 0. The third-order valence-corrected chi connectivity index (χ3v) is 4.33. The summed E-state index contributed by atoms with van der Waals surface area (Å²) < 4.78 is 0. The molecule has 0 heterocycles. The molecular weight excluding hydrogens is 332 g/mol. The van der Waals surface area contributed by atoms with Crippen LogP contribution in [0.25, 0.3) is 0 Å². The van der Waals surface area contributed by atoms with Crippen LogP contribution in [0.15, 0.2) is 48.5 Å². The van der Waals surface area contributed by atoms with Crippen molar-refractivity contribution in [1.29, 1.82) is 0 Å². The number of carbonyl (C=O) groups is 1. The number of phenols is 2. The largest absolute Gasteiger partial charge is 0.508 e. The summed E-state index contributed by atoms with van der Waals surface area (Å²) in [7, 11) is 0. The molecule has 2 aromatic rings. The maximum absolute atomic E-state index is 12.0. The molecule has 0 spiro atoms.